The number of hydrogen-bond donors (Lipinski definition) is 1. The van der Waals surface area contributed by atoms with E-state index in [1.807, 2.05) is 38.0 Å². The Morgan fingerprint density at radius 2 is 2.26 bits per heavy atom. The standard InChI is InChI=1S/C19H30N6O2/c1-6-20-19(21-9-13(2)18-14(3)23-27-15(18)4)25-7-8-26-17(12-25)16-10-22-24(5)11-16/h10-11,13,17H,6-9,12H2,1-5H3,(H,20,21). The maximum absolute atomic E-state index is 5.95. The molecule has 0 amide bonds. The topological polar surface area (TPSA) is 80.7 Å². The van der Waals surface area contributed by atoms with Crippen LogP contribution >= 0.6 is 0 Å². The number of guanidine groups is 1. The molecule has 0 saturated carbocycles. The Balaban J connectivity index is 1.71. The maximum Gasteiger partial charge on any atom is 0.194 e. The molecule has 148 valence electrons. The predicted octanol–water partition coefficient (Wildman–Crippen LogP) is 2.17. The van der Waals surface area contributed by atoms with Crippen LogP contribution in [-0.2, 0) is 11.8 Å². The fraction of sp³-hybridized carbons (Fsp3) is 0.632. The van der Waals surface area contributed by atoms with Gasteiger partial charge in [-0.05, 0) is 20.8 Å². The second-order valence-electron chi connectivity index (χ2n) is 7.09. The van der Waals surface area contributed by atoms with Crippen LogP contribution in [0.2, 0.25) is 0 Å². The van der Waals surface area contributed by atoms with Gasteiger partial charge in [0.2, 0.25) is 0 Å². The van der Waals surface area contributed by atoms with Gasteiger partial charge in [-0.15, -0.1) is 0 Å². The molecule has 8 nitrogen and oxygen atoms in total. The van der Waals surface area contributed by atoms with Crippen LogP contribution < -0.4 is 5.32 Å². The summed E-state index contributed by atoms with van der Waals surface area (Å²) >= 11 is 0. The first-order valence-corrected chi connectivity index (χ1v) is 9.55. The van der Waals surface area contributed by atoms with Crippen LogP contribution in [0.3, 0.4) is 0 Å². The number of aryl methyl sites for hydroxylation is 3. The van der Waals surface area contributed by atoms with Crippen LogP contribution in [0.4, 0.5) is 0 Å². The van der Waals surface area contributed by atoms with Crippen molar-refractivity contribution >= 4 is 5.96 Å². The van der Waals surface area contributed by atoms with E-state index in [4.69, 9.17) is 14.3 Å². The van der Waals surface area contributed by atoms with Gasteiger partial charge in [-0.25, -0.2) is 0 Å². The number of nitrogens with zero attached hydrogens (tertiary/aromatic N) is 5. The highest BCUT2D eigenvalue weighted by atomic mass is 16.5. The predicted molar refractivity (Wildman–Crippen MR) is 104 cm³/mol. The number of aromatic nitrogens is 3. The van der Waals surface area contributed by atoms with E-state index in [-0.39, 0.29) is 12.0 Å². The van der Waals surface area contributed by atoms with Crippen LogP contribution in [0.25, 0.3) is 0 Å². The minimum atomic E-state index is 0.0105. The van der Waals surface area contributed by atoms with Gasteiger partial charge < -0.3 is 19.5 Å². The molecule has 3 rings (SSSR count). The highest BCUT2D eigenvalue weighted by molar-refractivity contribution is 5.80. The lowest BCUT2D eigenvalue weighted by Gasteiger charge is -2.35. The van der Waals surface area contributed by atoms with Crippen molar-refractivity contribution in [2.75, 3.05) is 32.8 Å². The minimum absolute atomic E-state index is 0.0105. The van der Waals surface area contributed by atoms with Crippen LogP contribution in [0.5, 0.6) is 0 Å². The van der Waals surface area contributed by atoms with E-state index in [0.29, 0.717) is 13.2 Å². The van der Waals surface area contributed by atoms with Crippen LogP contribution in [0.15, 0.2) is 21.9 Å². The smallest absolute Gasteiger partial charge is 0.194 e. The van der Waals surface area contributed by atoms with Gasteiger partial charge in [-0.2, -0.15) is 5.10 Å². The fourth-order valence-corrected chi connectivity index (χ4v) is 3.58. The number of hydrogen-bond acceptors (Lipinski definition) is 5. The fourth-order valence-electron chi connectivity index (χ4n) is 3.58. The van der Waals surface area contributed by atoms with Gasteiger partial charge >= 0.3 is 0 Å². The zero-order valence-corrected chi connectivity index (χ0v) is 16.9. The quantitative estimate of drug-likeness (QED) is 0.638. The molecule has 8 heteroatoms. The van der Waals surface area contributed by atoms with Gasteiger partial charge in [0.05, 0.1) is 25.0 Å². The van der Waals surface area contributed by atoms with Gasteiger partial charge in [0.1, 0.15) is 11.9 Å². The minimum Gasteiger partial charge on any atom is -0.370 e. The molecule has 0 radical (unpaired) electrons. The van der Waals surface area contributed by atoms with E-state index < -0.39 is 0 Å². The third kappa shape index (κ3) is 4.50. The SMILES string of the molecule is CCNC(=NCC(C)c1c(C)noc1C)N1CCOC(c2cnn(C)c2)C1. The molecule has 2 atom stereocenters. The van der Waals surface area contributed by atoms with Crippen molar-refractivity contribution in [3.8, 4) is 0 Å². The molecule has 0 bridgehead atoms. The van der Waals surface area contributed by atoms with Crippen molar-refractivity contribution < 1.29 is 9.26 Å². The van der Waals surface area contributed by atoms with Gasteiger partial charge in [0.15, 0.2) is 5.96 Å². The summed E-state index contributed by atoms with van der Waals surface area (Å²) in [4.78, 5) is 7.16. The molecule has 0 aromatic carbocycles. The summed E-state index contributed by atoms with van der Waals surface area (Å²) in [5, 5.41) is 11.7. The Morgan fingerprint density at radius 3 is 2.89 bits per heavy atom. The average molecular weight is 374 g/mol. The zero-order chi connectivity index (χ0) is 19.4. The monoisotopic (exact) mass is 374 g/mol. The summed E-state index contributed by atoms with van der Waals surface area (Å²) in [5.41, 5.74) is 3.20. The Morgan fingerprint density at radius 1 is 1.44 bits per heavy atom. The van der Waals surface area contributed by atoms with Crippen molar-refractivity contribution in [2.45, 2.75) is 39.7 Å². The first-order chi connectivity index (χ1) is 13.0. The van der Waals surface area contributed by atoms with Crippen LogP contribution in [-0.4, -0.2) is 58.6 Å². The number of aliphatic imine (C=N–C) groups is 1. The Kier molecular flexibility index (Phi) is 6.15. The third-order valence-electron chi connectivity index (χ3n) is 4.89. The van der Waals surface area contributed by atoms with Gasteiger partial charge in [0.25, 0.3) is 0 Å². The van der Waals surface area contributed by atoms with Crippen molar-refractivity contribution in [1.82, 2.24) is 25.2 Å². The molecule has 2 unspecified atom stereocenters. The molecule has 1 saturated heterocycles. The second-order valence-corrected chi connectivity index (χ2v) is 7.09. The van der Waals surface area contributed by atoms with E-state index in [2.05, 4.69) is 34.3 Å². The molecule has 2 aromatic rings. The second kappa shape index (κ2) is 8.56. The first kappa shape index (κ1) is 19.4. The van der Waals surface area contributed by atoms with E-state index in [1.165, 1.54) is 0 Å². The average Bonchev–Trinajstić information content (AvgIpc) is 3.24. The van der Waals surface area contributed by atoms with Gasteiger partial charge in [-0.1, -0.05) is 12.1 Å². The highest BCUT2D eigenvalue weighted by Gasteiger charge is 2.25. The van der Waals surface area contributed by atoms with E-state index in [0.717, 1.165) is 48.2 Å². The summed E-state index contributed by atoms with van der Waals surface area (Å²) in [5.74, 6) is 2.05. The molecule has 1 N–H and O–H groups in total. The molecule has 0 spiro atoms. The van der Waals surface area contributed by atoms with Crippen molar-refractivity contribution in [3.63, 3.8) is 0 Å². The maximum atomic E-state index is 5.95. The lowest BCUT2D eigenvalue weighted by Crippen LogP contribution is -2.48. The van der Waals surface area contributed by atoms with Crippen molar-refractivity contribution in [2.24, 2.45) is 12.0 Å². The molecule has 27 heavy (non-hydrogen) atoms. The summed E-state index contributed by atoms with van der Waals surface area (Å²) in [6.07, 6.45) is 3.89. The Hall–Kier alpha value is -2.35. The van der Waals surface area contributed by atoms with Crippen LogP contribution in [0, 0.1) is 13.8 Å². The lowest BCUT2D eigenvalue weighted by molar-refractivity contribution is -0.00804. The zero-order valence-electron chi connectivity index (χ0n) is 16.9. The highest BCUT2D eigenvalue weighted by Crippen LogP contribution is 2.24. The number of morpholine rings is 1. The summed E-state index contributed by atoms with van der Waals surface area (Å²) in [7, 11) is 1.92. The normalized spacial score (nSPS) is 19.4. The van der Waals surface area contributed by atoms with Gasteiger partial charge in [-0.3, -0.25) is 9.67 Å². The number of nitrogens with one attached hydrogen (secondary N) is 1. The third-order valence-corrected chi connectivity index (χ3v) is 4.89. The molecule has 3 heterocycles. The molecule has 0 aliphatic carbocycles. The number of rotatable bonds is 5. The Labute approximate surface area is 160 Å². The molecule has 1 fully saturated rings. The molecule has 2 aromatic heterocycles. The largest absolute Gasteiger partial charge is 0.370 e. The van der Waals surface area contributed by atoms with E-state index in [1.54, 1.807) is 0 Å². The van der Waals surface area contributed by atoms with E-state index in [9.17, 15) is 0 Å². The van der Waals surface area contributed by atoms with Crippen molar-refractivity contribution in [3.05, 3.63) is 35.0 Å². The summed E-state index contributed by atoms with van der Waals surface area (Å²) in [6.45, 7) is 12.0. The summed E-state index contributed by atoms with van der Waals surface area (Å²) < 4.78 is 13.1. The molecular formula is C19H30N6O2. The van der Waals surface area contributed by atoms with Gasteiger partial charge in [0, 0.05) is 49.9 Å². The van der Waals surface area contributed by atoms with E-state index >= 15 is 0 Å². The molecule has 1 aliphatic rings. The molecule has 1 aliphatic heterocycles. The number of ether oxygens (including phenoxy) is 1. The first-order valence-electron chi connectivity index (χ1n) is 9.55. The summed E-state index contributed by atoms with van der Waals surface area (Å²) in [6, 6.07) is 0. The molecular weight excluding hydrogens is 344 g/mol. The van der Waals surface area contributed by atoms with Crippen LogP contribution in [0.1, 0.15) is 48.5 Å². The lowest BCUT2D eigenvalue weighted by atomic mass is 10.00. The van der Waals surface area contributed by atoms with Crippen molar-refractivity contribution in [1.29, 1.82) is 0 Å². The Bertz CT molecular complexity index is 762.